The Hall–Kier alpha value is -1.10. The second-order valence-corrected chi connectivity index (χ2v) is 7.91. The Morgan fingerprint density at radius 3 is 1.67 bits per heavy atom. The fraction of sp³-hybridized carbons (Fsp3) is 0.571. The Kier molecular flexibility index (Phi) is 6.85. The van der Waals surface area contributed by atoms with E-state index in [1.54, 1.807) is 6.92 Å². The molecule has 3 nitrogen and oxygen atoms in total. The molecule has 0 bridgehead atoms. The Balaban J connectivity index is 3.15. The van der Waals surface area contributed by atoms with E-state index in [2.05, 4.69) is 0 Å². The first-order valence-corrected chi connectivity index (χ1v) is 8.93. The van der Waals surface area contributed by atoms with Gasteiger partial charge in [0, 0.05) is 26.9 Å². The van der Waals surface area contributed by atoms with E-state index in [1.807, 2.05) is 0 Å². The standard InChI is InChI=1S/C14H18F6O3Si/c1-4-23-24(21-2,22-3)6-5-10-7-11(13(15,16)17)9-12(8-10)14(18,19)20/h7-9H,4-6H2,1-3H3. The summed E-state index contributed by atoms with van der Waals surface area (Å²) in [5, 5.41) is 0. The van der Waals surface area contributed by atoms with Crippen LogP contribution in [0.1, 0.15) is 23.6 Å². The number of hydrogen-bond donors (Lipinski definition) is 0. The van der Waals surface area contributed by atoms with Gasteiger partial charge in [0.15, 0.2) is 0 Å². The van der Waals surface area contributed by atoms with Crippen LogP contribution in [0.4, 0.5) is 26.3 Å². The van der Waals surface area contributed by atoms with Crippen LogP contribution in [0.5, 0.6) is 0 Å². The highest BCUT2D eigenvalue weighted by molar-refractivity contribution is 6.60. The van der Waals surface area contributed by atoms with Gasteiger partial charge >= 0.3 is 21.2 Å². The van der Waals surface area contributed by atoms with Crippen LogP contribution in [0.15, 0.2) is 18.2 Å². The Labute approximate surface area is 136 Å². The maximum atomic E-state index is 12.8. The number of rotatable bonds is 7. The zero-order chi connectivity index (χ0) is 18.6. The van der Waals surface area contributed by atoms with Gasteiger partial charge in [-0.1, -0.05) is 0 Å². The first-order valence-electron chi connectivity index (χ1n) is 7.00. The third kappa shape index (κ3) is 5.47. The molecule has 0 unspecified atom stereocenters. The van der Waals surface area contributed by atoms with Crippen molar-refractivity contribution >= 4 is 8.80 Å². The van der Waals surface area contributed by atoms with Crippen molar-refractivity contribution in [3.05, 3.63) is 34.9 Å². The molecule has 0 aliphatic rings. The first kappa shape index (κ1) is 20.9. The second-order valence-electron chi connectivity index (χ2n) is 4.94. The van der Waals surface area contributed by atoms with Gasteiger partial charge in [-0.25, -0.2) is 0 Å². The van der Waals surface area contributed by atoms with Crippen molar-refractivity contribution in [1.82, 2.24) is 0 Å². The molecule has 1 aromatic rings. The van der Waals surface area contributed by atoms with Crippen LogP contribution in [0.2, 0.25) is 6.04 Å². The van der Waals surface area contributed by atoms with Crippen molar-refractivity contribution in [1.29, 1.82) is 0 Å². The maximum Gasteiger partial charge on any atom is 0.500 e. The molecule has 0 fully saturated rings. The molecule has 0 aromatic heterocycles. The zero-order valence-electron chi connectivity index (χ0n) is 13.3. The molecule has 0 radical (unpaired) electrons. The lowest BCUT2D eigenvalue weighted by atomic mass is 10.0. The third-order valence-electron chi connectivity index (χ3n) is 3.35. The Morgan fingerprint density at radius 1 is 0.875 bits per heavy atom. The van der Waals surface area contributed by atoms with E-state index in [4.69, 9.17) is 13.3 Å². The molecule has 0 heterocycles. The van der Waals surface area contributed by atoms with Crippen molar-refractivity contribution in [2.75, 3.05) is 20.8 Å². The van der Waals surface area contributed by atoms with Crippen molar-refractivity contribution < 1.29 is 39.6 Å². The largest absolute Gasteiger partial charge is 0.500 e. The lowest BCUT2D eigenvalue weighted by molar-refractivity contribution is -0.143. The van der Waals surface area contributed by atoms with Gasteiger partial charge in [-0.15, -0.1) is 0 Å². The van der Waals surface area contributed by atoms with Gasteiger partial charge in [0.2, 0.25) is 0 Å². The van der Waals surface area contributed by atoms with Crippen LogP contribution in [0.25, 0.3) is 0 Å². The zero-order valence-corrected chi connectivity index (χ0v) is 14.3. The molecule has 0 atom stereocenters. The van der Waals surface area contributed by atoms with Crippen molar-refractivity contribution in [3.8, 4) is 0 Å². The smallest absolute Gasteiger partial charge is 0.377 e. The highest BCUT2D eigenvalue weighted by atomic mass is 28.4. The predicted octanol–water partition coefficient (Wildman–Crippen LogP) is 4.53. The number of hydrogen-bond acceptors (Lipinski definition) is 3. The fourth-order valence-electron chi connectivity index (χ4n) is 2.16. The minimum Gasteiger partial charge on any atom is -0.377 e. The molecule has 0 saturated heterocycles. The Morgan fingerprint density at radius 2 is 1.33 bits per heavy atom. The predicted molar refractivity (Wildman–Crippen MR) is 76.4 cm³/mol. The molecule has 0 amide bonds. The summed E-state index contributed by atoms with van der Waals surface area (Å²) in [6.07, 6.45) is -9.83. The van der Waals surface area contributed by atoms with Gasteiger partial charge in [-0.2, -0.15) is 26.3 Å². The molecule has 1 aromatic carbocycles. The van der Waals surface area contributed by atoms with Gasteiger partial charge in [0.1, 0.15) is 0 Å². The molecular formula is C14H18F6O3Si. The normalized spacial score (nSPS) is 13.4. The van der Waals surface area contributed by atoms with E-state index in [9.17, 15) is 26.3 Å². The summed E-state index contributed by atoms with van der Waals surface area (Å²) in [5.41, 5.74) is -2.79. The highest BCUT2D eigenvalue weighted by Crippen LogP contribution is 2.36. The van der Waals surface area contributed by atoms with Gasteiger partial charge in [-0.05, 0) is 37.1 Å². The Bertz CT molecular complexity index is 508. The van der Waals surface area contributed by atoms with Crippen LogP contribution in [-0.4, -0.2) is 29.6 Å². The maximum absolute atomic E-state index is 12.8. The minimum atomic E-state index is -4.87. The minimum absolute atomic E-state index is 0.0620. The molecular weight excluding hydrogens is 358 g/mol. The SMILES string of the molecule is CCO[Si](CCc1cc(C(F)(F)F)cc(C(F)(F)F)c1)(OC)OC. The van der Waals surface area contributed by atoms with Crippen LogP contribution < -0.4 is 0 Å². The van der Waals surface area contributed by atoms with E-state index < -0.39 is 32.3 Å². The molecule has 0 saturated carbocycles. The van der Waals surface area contributed by atoms with E-state index in [1.165, 1.54) is 14.2 Å². The summed E-state index contributed by atoms with van der Waals surface area (Å²) in [4.78, 5) is 0. The van der Waals surface area contributed by atoms with Crippen LogP contribution >= 0.6 is 0 Å². The van der Waals surface area contributed by atoms with Crippen molar-refractivity contribution in [3.63, 3.8) is 0 Å². The molecule has 138 valence electrons. The van der Waals surface area contributed by atoms with Crippen molar-refractivity contribution in [2.24, 2.45) is 0 Å². The monoisotopic (exact) mass is 376 g/mol. The van der Waals surface area contributed by atoms with E-state index >= 15 is 0 Å². The van der Waals surface area contributed by atoms with Gasteiger partial charge in [-0.3, -0.25) is 0 Å². The quantitative estimate of drug-likeness (QED) is 0.517. The summed E-state index contributed by atoms with van der Waals surface area (Å²) in [6.45, 7) is 1.94. The average molecular weight is 376 g/mol. The van der Waals surface area contributed by atoms with Gasteiger partial charge in [0.05, 0.1) is 11.1 Å². The topological polar surface area (TPSA) is 27.7 Å². The number of benzene rings is 1. The first-order chi connectivity index (χ1) is 11.0. The lowest BCUT2D eigenvalue weighted by Crippen LogP contribution is -2.44. The summed E-state index contributed by atoms with van der Waals surface area (Å²) >= 11 is 0. The van der Waals surface area contributed by atoms with E-state index in [0.717, 1.165) is 0 Å². The van der Waals surface area contributed by atoms with E-state index in [-0.39, 0.29) is 30.7 Å². The molecule has 0 N–H and O–H groups in total. The molecule has 10 heteroatoms. The fourth-order valence-corrected chi connectivity index (χ4v) is 4.15. The average Bonchev–Trinajstić information content (AvgIpc) is 2.49. The number of alkyl halides is 6. The molecule has 24 heavy (non-hydrogen) atoms. The van der Waals surface area contributed by atoms with Crippen LogP contribution in [-0.2, 0) is 32.1 Å². The summed E-state index contributed by atoms with van der Waals surface area (Å²) < 4.78 is 92.8. The second kappa shape index (κ2) is 7.85. The summed E-state index contributed by atoms with van der Waals surface area (Å²) in [6, 6.07) is 1.56. The highest BCUT2D eigenvalue weighted by Gasteiger charge is 2.40. The van der Waals surface area contributed by atoms with Gasteiger partial charge < -0.3 is 13.3 Å². The third-order valence-corrected chi connectivity index (χ3v) is 6.19. The number of halogens is 6. The lowest BCUT2D eigenvalue weighted by Gasteiger charge is -2.26. The molecule has 1 rings (SSSR count). The van der Waals surface area contributed by atoms with Crippen LogP contribution in [0.3, 0.4) is 0 Å². The van der Waals surface area contributed by atoms with Crippen molar-refractivity contribution in [2.45, 2.75) is 31.7 Å². The van der Waals surface area contributed by atoms with Gasteiger partial charge in [0.25, 0.3) is 0 Å². The summed E-state index contributed by atoms with van der Waals surface area (Å²) in [7, 11) is -0.451. The molecule has 0 aliphatic carbocycles. The van der Waals surface area contributed by atoms with Crippen LogP contribution in [0, 0.1) is 0 Å². The molecule has 0 aliphatic heterocycles. The summed E-state index contributed by atoms with van der Waals surface area (Å²) in [5.74, 6) is 0. The van der Waals surface area contributed by atoms with E-state index in [0.29, 0.717) is 12.1 Å². The molecule has 0 spiro atoms. The number of aryl methyl sites for hydroxylation is 1.